The van der Waals surface area contributed by atoms with Crippen LogP contribution in [0.15, 0.2) is 12.4 Å². The van der Waals surface area contributed by atoms with Gasteiger partial charge in [0.1, 0.15) is 11.6 Å². The molecular formula is C15H21N3O5. The largest absolute Gasteiger partial charge is 0.479 e. The van der Waals surface area contributed by atoms with Crippen LogP contribution in [0.4, 0.5) is 4.79 Å². The number of methoxy groups -OCH3 is 1. The Labute approximate surface area is 134 Å². The van der Waals surface area contributed by atoms with Crippen molar-refractivity contribution in [2.75, 3.05) is 26.9 Å². The first-order valence-electron chi connectivity index (χ1n) is 7.30. The maximum atomic E-state index is 12.7. The van der Waals surface area contributed by atoms with Gasteiger partial charge in [-0.25, -0.2) is 14.8 Å². The number of ketones is 1. The van der Waals surface area contributed by atoms with Crippen molar-refractivity contribution in [3.05, 3.63) is 18.1 Å². The van der Waals surface area contributed by atoms with Crippen LogP contribution in [0.2, 0.25) is 0 Å². The van der Waals surface area contributed by atoms with Gasteiger partial charge < -0.3 is 14.2 Å². The lowest BCUT2D eigenvalue weighted by atomic mass is 10.1. The molecule has 23 heavy (non-hydrogen) atoms. The van der Waals surface area contributed by atoms with E-state index >= 15 is 0 Å². The molecule has 1 amide bonds. The third-order valence-electron chi connectivity index (χ3n) is 3.15. The van der Waals surface area contributed by atoms with Gasteiger partial charge in [0.2, 0.25) is 11.7 Å². The summed E-state index contributed by atoms with van der Waals surface area (Å²) in [6.45, 7) is 6.02. The molecule has 0 bridgehead atoms. The summed E-state index contributed by atoms with van der Waals surface area (Å²) in [6.07, 6.45) is 2.28. The van der Waals surface area contributed by atoms with E-state index < -0.39 is 17.7 Å². The van der Waals surface area contributed by atoms with Crippen LogP contribution < -0.4 is 4.74 Å². The molecule has 2 rings (SSSR count). The molecule has 1 aromatic heterocycles. The number of aromatic nitrogens is 2. The van der Waals surface area contributed by atoms with Gasteiger partial charge in [-0.2, -0.15) is 0 Å². The number of rotatable bonds is 3. The summed E-state index contributed by atoms with van der Waals surface area (Å²) in [5, 5.41) is 0. The van der Waals surface area contributed by atoms with E-state index in [-0.39, 0.29) is 30.5 Å². The van der Waals surface area contributed by atoms with Crippen LogP contribution >= 0.6 is 0 Å². The minimum atomic E-state index is -0.816. The number of amides is 1. The van der Waals surface area contributed by atoms with Gasteiger partial charge in [-0.05, 0) is 20.8 Å². The number of hydrogen-bond donors (Lipinski definition) is 0. The smallest absolute Gasteiger partial charge is 0.411 e. The zero-order valence-electron chi connectivity index (χ0n) is 13.7. The molecule has 0 aliphatic carbocycles. The van der Waals surface area contributed by atoms with E-state index in [1.807, 2.05) is 0 Å². The van der Waals surface area contributed by atoms with Gasteiger partial charge in [-0.15, -0.1) is 0 Å². The fourth-order valence-corrected chi connectivity index (χ4v) is 2.16. The fourth-order valence-electron chi connectivity index (χ4n) is 2.16. The van der Waals surface area contributed by atoms with Crippen molar-refractivity contribution in [2.24, 2.45) is 0 Å². The highest BCUT2D eigenvalue weighted by molar-refractivity contribution is 6.01. The number of ether oxygens (including phenoxy) is 3. The quantitative estimate of drug-likeness (QED) is 0.774. The highest BCUT2D eigenvalue weighted by Gasteiger charge is 2.37. The Balaban J connectivity index is 2.24. The van der Waals surface area contributed by atoms with E-state index in [4.69, 9.17) is 14.2 Å². The number of morpholine rings is 1. The molecule has 2 heterocycles. The molecule has 1 unspecified atom stereocenters. The summed E-state index contributed by atoms with van der Waals surface area (Å²) in [6, 6.07) is -0.816. The second kappa shape index (κ2) is 6.91. The van der Waals surface area contributed by atoms with Gasteiger partial charge in [0, 0.05) is 18.9 Å². The molecule has 0 saturated carbocycles. The summed E-state index contributed by atoms with van der Waals surface area (Å²) >= 11 is 0. The van der Waals surface area contributed by atoms with E-state index in [0.717, 1.165) is 0 Å². The monoisotopic (exact) mass is 323 g/mol. The lowest BCUT2D eigenvalue weighted by Crippen LogP contribution is -2.54. The molecule has 8 nitrogen and oxygen atoms in total. The summed E-state index contributed by atoms with van der Waals surface area (Å²) in [7, 11) is 1.41. The van der Waals surface area contributed by atoms with Crippen LogP contribution in [-0.2, 0) is 9.47 Å². The molecule has 0 radical (unpaired) electrons. The molecule has 8 heteroatoms. The van der Waals surface area contributed by atoms with Gasteiger partial charge in [0.05, 0.1) is 20.3 Å². The average molecular weight is 323 g/mol. The zero-order valence-corrected chi connectivity index (χ0v) is 13.7. The van der Waals surface area contributed by atoms with E-state index in [0.29, 0.717) is 6.61 Å². The van der Waals surface area contributed by atoms with Crippen LogP contribution in [0, 0.1) is 0 Å². The number of hydrogen-bond acceptors (Lipinski definition) is 7. The minimum absolute atomic E-state index is 0.0686. The Bertz CT molecular complexity index is 585. The summed E-state index contributed by atoms with van der Waals surface area (Å²) in [5.41, 5.74) is -0.577. The predicted molar refractivity (Wildman–Crippen MR) is 80.5 cm³/mol. The Morgan fingerprint density at radius 1 is 1.30 bits per heavy atom. The van der Waals surface area contributed by atoms with Crippen molar-refractivity contribution in [1.29, 1.82) is 0 Å². The normalized spacial score (nSPS) is 18.4. The maximum absolute atomic E-state index is 12.7. The Kier molecular flexibility index (Phi) is 5.15. The summed E-state index contributed by atoms with van der Waals surface area (Å²) < 4.78 is 15.8. The molecule has 0 spiro atoms. The predicted octanol–water partition coefficient (Wildman–Crippen LogP) is 1.30. The molecule has 126 valence electrons. The molecule has 1 atom stereocenters. The van der Waals surface area contributed by atoms with Crippen molar-refractivity contribution in [3.8, 4) is 5.88 Å². The molecule has 1 fully saturated rings. The van der Waals surface area contributed by atoms with E-state index in [1.54, 1.807) is 20.8 Å². The minimum Gasteiger partial charge on any atom is -0.479 e. The van der Waals surface area contributed by atoms with E-state index in [9.17, 15) is 9.59 Å². The van der Waals surface area contributed by atoms with Crippen molar-refractivity contribution in [1.82, 2.24) is 14.9 Å². The number of nitrogens with zero attached hydrogens (tertiary/aromatic N) is 3. The topological polar surface area (TPSA) is 90.9 Å². The van der Waals surface area contributed by atoms with Gasteiger partial charge in [0.25, 0.3) is 0 Å². The van der Waals surface area contributed by atoms with Crippen LogP contribution in [0.1, 0.15) is 31.3 Å². The van der Waals surface area contributed by atoms with Crippen LogP contribution in [-0.4, -0.2) is 65.3 Å². The lowest BCUT2D eigenvalue weighted by molar-refractivity contribution is -0.0267. The average Bonchev–Trinajstić information content (AvgIpc) is 2.52. The van der Waals surface area contributed by atoms with E-state index in [2.05, 4.69) is 9.97 Å². The number of carbonyl (C=O) groups excluding carboxylic acids is 2. The van der Waals surface area contributed by atoms with Crippen molar-refractivity contribution < 1.29 is 23.8 Å². The zero-order chi connectivity index (χ0) is 17.0. The Morgan fingerprint density at radius 2 is 2.00 bits per heavy atom. The summed E-state index contributed by atoms with van der Waals surface area (Å²) in [5.74, 6) is -0.271. The molecule has 0 N–H and O–H groups in total. The fraction of sp³-hybridized carbons (Fsp3) is 0.600. The molecular weight excluding hydrogens is 302 g/mol. The van der Waals surface area contributed by atoms with Crippen LogP contribution in [0.25, 0.3) is 0 Å². The van der Waals surface area contributed by atoms with Gasteiger partial charge in [0.15, 0.2) is 5.69 Å². The molecule has 1 aliphatic rings. The third kappa shape index (κ3) is 4.16. The van der Waals surface area contributed by atoms with Crippen molar-refractivity contribution in [2.45, 2.75) is 32.4 Å². The van der Waals surface area contributed by atoms with Gasteiger partial charge in [-0.3, -0.25) is 9.69 Å². The highest BCUT2D eigenvalue weighted by atomic mass is 16.6. The first kappa shape index (κ1) is 17.1. The highest BCUT2D eigenvalue weighted by Crippen LogP contribution is 2.20. The number of carbonyl (C=O) groups is 2. The van der Waals surface area contributed by atoms with Crippen LogP contribution in [0.5, 0.6) is 5.88 Å². The molecule has 1 aromatic rings. The second-order valence-corrected chi connectivity index (χ2v) is 6.04. The lowest BCUT2D eigenvalue weighted by Gasteiger charge is -2.35. The van der Waals surface area contributed by atoms with Crippen molar-refractivity contribution in [3.63, 3.8) is 0 Å². The first-order valence-corrected chi connectivity index (χ1v) is 7.30. The Morgan fingerprint density at radius 3 is 2.65 bits per heavy atom. The van der Waals surface area contributed by atoms with Crippen LogP contribution in [0.3, 0.4) is 0 Å². The molecule has 1 aliphatic heterocycles. The Hall–Kier alpha value is -2.22. The first-order chi connectivity index (χ1) is 10.8. The van der Waals surface area contributed by atoms with E-state index in [1.165, 1.54) is 24.4 Å². The second-order valence-electron chi connectivity index (χ2n) is 6.04. The standard InChI is InChI=1S/C15H21N3O5/c1-15(2,3)23-14(20)18-7-8-22-9-10(18)12(19)11-13(21-4)17-6-5-16-11/h5-6,10H,7-9H2,1-4H3. The maximum Gasteiger partial charge on any atom is 0.411 e. The SMILES string of the molecule is COc1nccnc1C(=O)C1COCCN1C(=O)OC(C)(C)C. The summed E-state index contributed by atoms with van der Waals surface area (Å²) in [4.78, 5) is 34.4. The third-order valence-corrected chi connectivity index (χ3v) is 3.15. The van der Waals surface area contributed by atoms with Crippen molar-refractivity contribution >= 4 is 11.9 Å². The number of Topliss-reactive ketones (excluding diaryl/α,β-unsaturated/α-hetero) is 1. The van der Waals surface area contributed by atoms with Gasteiger partial charge >= 0.3 is 6.09 Å². The molecule has 1 saturated heterocycles. The molecule has 0 aromatic carbocycles. The van der Waals surface area contributed by atoms with Gasteiger partial charge in [-0.1, -0.05) is 0 Å².